The Bertz CT molecular complexity index is 816. The van der Waals surface area contributed by atoms with Crippen LogP contribution in [0.4, 0.5) is 5.69 Å². The molecular formula is C18H13N5. The molecule has 0 saturated carbocycles. The smallest absolute Gasteiger partial charge is 0.163 e. The lowest BCUT2D eigenvalue weighted by molar-refractivity contribution is 0.915. The summed E-state index contributed by atoms with van der Waals surface area (Å²) < 4.78 is 0. The second kappa shape index (κ2) is 7.98. The van der Waals surface area contributed by atoms with Crippen molar-refractivity contribution in [1.29, 1.82) is 15.8 Å². The average molecular weight is 299 g/mol. The largest absolute Gasteiger partial charge is 0.345 e. The molecule has 0 atom stereocenters. The molecule has 1 heterocycles. The maximum atomic E-state index is 9.14. The number of hydrogen-bond acceptors (Lipinski definition) is 5. The Hall–Kier alpha value is -3.62. The first-order valence-electron chi connectivity index (χ1n) is 6.98. The average Bonchev–Trinajstić information content (AvgIpc) is 2.61. The maximum absolute atomic E-state index is 9.14. The molecule has 0 fully saturated rings. The van der Waals surface area contributed by atoms with Crippen LogP contribution in [0.15, 0.2) is 59.9 Å². The van der Waals surface area contributed by atoms with Crippen LogP contribution < -0.4 is 5.32 Å². The van der Waals surface area contributed by atoms with E-state index in [2.05, 4.69) is 10.3 Å². The summed E-state index contributed by atoms with van der Waals surface area (Å²) in [5, 5.41) is 29.8. The highest BCUT2D eigenvalue weighted by Gasteiger charge is 2.09. The van der Waals surface area contributed by atoms with Gasteiger partial charge in [0.05, 0.1) is 0 Å². The van der Waals surface area contributed by atoms with Crippen LogP contribution in [0, 0.1) is 34.0 Å². The molecular weight excluding hydrogens is 286 g/mol. The summed E-state index contributed by atoms with van der Waals surface area (Å²) in [5.41, 5.74) is 2.41. The summed E-state index contributed by atoms with van der Waals surface area (Å²) in [7, 11) is 0. The minimum Gasteiger partial charge on any atom is -0.345 e. The number of nitrogens with zero attached hydrogens (tertiary/aromatic N) is 4. The highest BCUT2D eigenvalue weighted by Crippen LogP contribution is 2.20. The van der Waals surface area contributed by atoms with Gasteiger partial charge in [-0.3, -0.25) is 4.98 Å². The molecule has 0 spiro atoms. The minimum absolute atomic E-state index is 0.0414. The van der Waals surface area contributed by atoms with Crippen LogP contribution in [0.5, 0.6) is 0 Å². The van der Waals surface area contributed by atoms with Crippen LogP contribution in [0.1, 0.15) is 11.3 Å². The van der Waals surface area contributed by atoms with Gasteiger partial charge in [-0.1, -0.05) is 24.3 Å². The van der Waals surface area contributed by atoms with Crippen LogP contribution >= 0.6 is 0 Å². The number of para-hydroxylation sites is 1. The van der Waals surface area contributed by atoms with Crippen LogP contribution in [-0.4, -0.2) is 4.98 Å². The molecule has 0 radical (unpaired) electrons. The van der Waals surface area contributed by atoms with E-state index in [0.29, 0.717) is 5.69 Å². The lowest BCUT2D eigenvalue weighted by Crippen LogP contribution is -2.04. The van der Waals surface area contributed by atoms with E-state index >= 15 is 0 Å². The van der Waals surface area contributed by atoms with Gasteiger partial charge >= 0.3 is 0 Å². The Labute approximate surface area is 134 Å². The highest BCUT2D eigenvalue weighted by molar-refractivity contribution is 5.61. The van der Waals surface area contributed by atoms with Crippen molar-refractivity contribution in [2.75, 3.05) is 5.32 Å². The number of allylic oxidation sites excluding steroid dienone is 2. The molecule has 2 aromatic rings. The Morgan fingerprint density at radius 2 is 1.65 bits per heavy atom. The molecule has 0 saturated heterocycles. The zero-order valence-corrected chi connectivity index (χ0v) is 12.3. The van der Waals surface area contributed by atoms with Gasteiger partial charge in [0.15, 0.2) is 5.57 Å². The first-order valence-corrected chi connectivity index (χ1v) is 6.98. The number of pyridine rings is 1. The van der Waals surface area contributed by atoms with E-state index in [4.69, 9.17) is 15.8 Å². The molecule has 0 aliphatic carbocycles. The third-order valence-electron chi connectivity index (χ3n) is 3.24. The second-order valence-electron chi connectivity index (χ2n) is 4.69. The standard InChI is InChI=1S/C18H13N5/c19-11-15(12-20)18(13-21)23-17-7-2-1-5-14(17)8-9-16-6-3-4-10-22-16/h1-7,10,23H,8-9H2. The third-order valence-corrected chi connectivity index (χ3v) is 3.24. The van der Waals surface area contributed by atoms with Crippen molar-refractivity contribution in [3.8, 4) is 18.2 Å². The van der Waals surface area contributed by atoms with Gasteiger partial charge in [-0.25, -0.2) is 0 Å². The molecule has 0 aliphatic heterocycles. The number of benzene rings is 1. The molecule has 1 aromatic carbocycles. The van der Waals surface area contributed by atoms with Crippen molar-refractivity contribution >= 4 is 5.69 Å². The summed E-state index contributed by atoms with van der Waals surface area (Å²) in [6.45, 7) is 0. The van der Waals surface area contributed by atoms with Crippen molar-refractivity contribution in [2.24, 2.45) is 0 Å². The quantitative estimate of drug-likeness (QED) is 0.856. The predicted molar refractivity (Wildman–Crippen MR) is 85.6 cm³/mol. The Morgan fingerprint density at radius 1 is 0.913 bits per heavy atom. The van der Waals surface area contributed by atoms with E-state index < -0.39 is 0 Å². The maximum Gasteiger partial charge on any atom is 0.163 e. The van der Waals surface area contributed by atoms with E-state index in [1.807, 2.05) is 48.5 Å². The van der Waals surface area contributed by atoms with Gasteiger partial charge in [-0.15, -0.1) is 0 Å². The monoisotopic (exact) mass is 299 g/mol. The Morgan fingerprint density at radius 3 is 2.30 bits per heavy atom. The van der Waals surface area contributed by atoms with Crippen molar-refractivity contribution in [1.82, 2.24) is 4.98 Å². The van der Waals surface area contributed by atoms with E-state index in [1.54, 1.807) is 18.3 Å². The van der Waals surface area contributed by atoms with Crippen molar-refractivity contribution in [3.05, 3.63) is 71.2 Å². The summed E-state index contributed by atoms with van der Waals surface area (Å²) in [4.78, 5) is 4.29. The lowest BCUT2D eigenvalue weighted by atomic mass is 10.1. The normalized spacial score (nSPS) is 9.09. The number of hydrogen-bond donors (Lipinski definition) is 1. The molecule has 23 heavy (non-hydrogen) atoms. The fourth-order valence-electron chi connectivity index (χ4n) is 2.09. The van der Waals surface area contributed by atoms with Gasteiger partial charge < -0.3 is 5.32 Å². The second-order valence-corrected chi connectivity index (χ2v) is 4.69. The third kappa shape index (κ3) is 4.17. The van der Waals surface area contributed by atoms with Gasteiger partial charge in [-0.05, 0) is 36.6 Å². The van der Waals surface area contributed by atoms with E-state index in [-0.39, 0.29) is 11.3 Å². The number of nitrogens with one attached hydrogen (secondary N) is 1. The molecule has 1 aromatic heterocycles. The van der Waals surface area contributed by atoms with E-state index in [9.17, 15) is 0 Å². The Kier molecular flexibility index (Phi) is 5.47. The van der Waals surface area contributed by atoms with Crippen molar-refractivity contribution in [2.45, 2.75) is 12.8 Å². The van der Waals surface area contributed by atoms with Gasteiger partial charge in [0.2, 0.25) is 0 Å². The van der Waals surface area contributed by atoms with Crippen molar-refractivity contribution < 1.29 is 0 Å². The molecule has 5 heteroatoms. The zero-order chi connectivity index (χ0) is 16.5. The number of nitriles is 3. The number of rotatable bonds is 5. The summed E-state index contributed by atoms with van der Waals surface area (Å²) in [6, 6.07) is 18.6. The van der Waals surface area contributed by atoms with Gasteiger partial charge in [0.1, 0.15) is 23.9 Å². The predicted octanol–water partition coefficient (Wildman–Crippen LogP) is 3.10. The first-order chi connectivity index (χ1) is 11.3. The number of aromatic nitrogens is 1. The van der Waals surface area contributed by atoms with E-state index in [0.717, 1.165) is 24.1 Å². The van der Waals surface area contributed by atoms with Crippen molar-refractivity contribution in [3.63, 3.8) is 0 Å². The number of anilines is 1. The van der Waals surface area contributed by atoms with Gasteiger partial charge in [0, 0.05) is 17.6 Å². The van der Waals surface area contributed by atoms with Gasteiger partial charge in [-0.2, -0.15) is 15.8 Å². The van der Waals surface area contributed by atoms with Crippen LogP contribution in [-0.2, 0) is 12.8 Å². The molecule has 110 valence electrons. The molecule has 0 aliphatic rings. The summed E-state index contributed by atoms with van der Waals surface area (Å²) in [5.74, 6) is 0. The molecule has 0 amide bonds. The highest BCUT2D eigenvalue weighted by atomic mass is 14.9. The lowest BCUT2D eigenvalue weighted by Gasteiger charge is -2.11. The van der Waals surface area contributed by atoms with E-state index in [1.165, 1.54) is 0 Å². The topological polar surface area (TPSA) is 96.3 Å². The minimum atomic E-state index is -0.230. The summed E-state index contributed by atoms with van der Waals surface area (Å²) >= 11 is 0. The molecule has 0 bridgehead atoms. The molecule has 1 N–H and O–H groups in total. The van der Waals surface area contributed by atoms with Gasteiger partial charge in [0.25, 0.3) is 0 Å². The molecule has 2 rings (SSSR count). The number of aryl methyl sites for hydroxylation is 2. The summed E-state index contributed by atoms with van der Waals surface area (Å²) in [6.07, 6.45) is 3.24. The fourth-order valence-corrected chi connectivity index (χ4v) is 2.09. The van der Waals surface area contributed by atoms with Crippen LogP contribution in [0.25, 0.3) is 0 Å². The Balaban J connectivity index is 2.22. The van der Waals surface area contributed by atoms with Crippen LogP contribution in [0.3, 0.4) is 0 Å². The fraction of sp³-hybridized carbons (Fsp3) is 0.111. The molecule has 5 nitrogen and oxygen atoms in total. The molecule has 0 unspecified atom stereocenters. The zero-order valence-electron chi connectivity index (χ0n) is 12.3. The van der Waals surface area contributed by atoms with Crippen LogP contribution in [0.2, 0.25) is 0 Å². The SMILES string of the molecule is N#CC(C#N)=C(C#N)Nc1ccccc1CCc1ccccn1. The first kappa shape index (κ1) is 15.8.